The second-order valence-corrected chi connectivity index (χ2v) is 10.5. The smallest absolute Gasteiger partial charge is 0.326 e. The number of fused-ring (bicyclic) bond motifs is 1. The summed E-state index contributed by atoms with van der Waals surface area (Å²) in [5, 5.41) is 27.8. The molecule has 2 aromatic carbocycles. The number of phenols is 1. The van der Waals surface area contributed by atoms with Crippen molar-refractivity contribution in [1.82, 2.24) is 30.9 Å². The van der Waals surface area contributed by atoms with E-state index in [1.807, 2.05) is 24.3 Å². The fourth-order valence-electron chi connectivity index (χ4n) is 4.76. The lowest BCUT2D eigenvalue weighted by molar-refractivity contribution is -0.142. The van der Waals surface area contributed by atoms with Gasteiger partial charge in [-0.1, -0.05) is 30.3 Å². The first-order chi connectivity index (χ1) is 21.5. The molecule has 0 spiro atoms. The molecule has 0 radical (unpaired) electrons. The third kappa shape index (κ3) is 8.90. The third-order valence-corrected chi connectivity index (χ3v) is 7.09. The number of aromatic hydroxyl groups is 1. The molecule has 4 rings (SSSR count). The zero-order chi connectivity index (χ0) is 32.5. The van der Waals surface area contributed by atoms with Crippen molar-refractivity contribution in [3.8, 4) is 5.75 Å². The Balaban J connectivity index is 1.57. The first-order valence-corrected chi connectivity index (χ1v) is 14.0. The number of phenolic OH excluding ortho intramolecular Hbond substituents is 1. The number of benzene rings is 2. The standard InChI is InChI=1S/C30H34N8O7/c31-21(12-26(32)40)27(41)36-23(10-17-13-34-22-4-2-1-3-20(17)22)28(42)37-24(11-18-14-33-15-35-18)29(43)38-25(30(44)45)9-16-5-7-19(39)8-6-16/h1-8,13-15,21,23-25,34,39H,9-12,31H2,(H2,32,40)(H,33,35)(H,36,41)(H,37,42)(H,38,43)(H,44,45). The van der Waals surface area contributed by atoms with Gasteiger partial charge in [0, 0.05) is 48.3 Å². The van der Waals surface area contributed by atoms with Crippen LogP contribution in [-0.2, 0) is 43.2 Å². The van der Waals surface area contributed by atoms with Crippen LogP contribution in [0, 0.1) is 0 Å². The van der Waals surface area contributed by atoms with Gasteiger partial charge in [0.2, 0.25) is 23.6 Å². The number of nitrogens with zero attached hydrogens (tertiary/aromatic N) is 1. The second kappa shape index (κ2) is 14.7. The van der Waals surface area contributed by atoms with Gasteiger partial charge in [0.15, 0.2) is 0 Å². The summed E-state index contributed by atoms with van der Waals surface area (Å²) in [5.41, 5.74) is 13.5. The summed E-state index contributed by atoms with van der Waals surface area (Å²) >= 11 is 0. The molecule has 0 fully saturated rings. The highest BCUT2D eigenvalue weighted by atomic mass is 16.4. The normalized spacial score (nSPS) is 13.7. The summed E-state index contributed by atoms with van der Waals surface area (Å²) in [7, 11) is 0. The van der Waals surface area contributed by atoms with Crippen LogP contribution < -0.4 is 27.4 Å². The van der Waals surface area contributed by atoms with E-state index < -0.39 is 60.2 Å². The minimum atomic E-state index is -1.36. The highest BCUT2D eigenvalue weighted by molar-refractivity contribution is 5.95. The Morgan fingerprint density at radius 2 is 1.47 bits per heavy atom. The summed E-state index contributed by atoms with van der Waals surface area (Å²) in [6.45, 7) is 0. The number of nitrogens with one attached hydrogen (secondary N) is 5. The minimum absolute atomic E-state index is 0.00172. The van der Waals surface area contributed by atoms with Crippen LogP contribution in [0.1, 0.15) is 23.2 Å². The van der Waals surface area contributed by atoms with E-state index in [1.54, 1.807) is 6.20 Å². The van der Waals surface area contributed by atoms with Gasteiger partial charge < -0.3 is 47.6 Å². The van der Waals surface area contributed by atoms with Gasteiger partial charge in [-0.2, -0.15) is 0 Å². The molecule has 15 nitrogen and oxygen atoms in total. The number of carbonyl (C=O) groups excluding carboxylic acids is 4. The number of amides is 4. The van der Waals surface area contributed by atoms with Crippen molar-refractivity contribution < 1.29 is 34.2 Å². The molecule has 4 aromatic rings. The largest absolute Gasteiger partial charge is 0.508 e. The van der Waals surface area contributed by atoms with E-state index in [1.165, 1.54) is 36.8 Å². The van der Waals surface area contributed by atoms with Gasteiger partial charge >= 0.3 is 5.97 Å². The summed E-state index contributed by atoms with van der Waals surface area (Å²) in [5.74, 6) is -4.47. The van der Waals surface area contributed by atoms with Gasteiger partial charge in [-0.15, -0.1) is 0 Å². The molecular weight excluding hydrogens is 584 g/mol. The van der Waals surface area contributed by atoms with Crippen molar-refractivity contribution >= 4 is 40.5 Å². The van der Waals surface area contributed by atoms with Crippen LogP contribution in [-0.4, -0.2) is 78.9 Å². The molecule has 4 unspecified atom stereocenters. The van der Waals surface area contributed by atoms with Crippen molar-refractivity contribution in [2.45, 2.75) is 49.9 Å². The van der Waals surface area contributed by atoms with Gasteiger partial charge in [0.05, 0.1) is 18.8 Å². The van der Waals surface area contributed by atoms with E-state index in [9.17, 15) is 34.2 Å². The number of hydrogen-bond donors (Lipinski definition) is 9. The quantitative estimate of drug-likeness (QED) is 0.0820. The summed E-state index contributed by atoms with van der Waals surface area (Å²) < 4.78 is 0. The van der Waals surface area contributed by atoms with Crippen LogP contribution in [0.5, 0.6) is 5.75 Å². The Labute approximate surface area is 256 Å². The van der Waals surface area contributed by atoms with Gasteiger partial charge in [0.25, 0.3) is 0 Å². The number of rotatable bonds is 15. The van der Waals surface area contributed by atoms with E-state index in [-0.39, 0.29) is 25.0 Å². The molecule has 2 aromatic heterocycles. The third-order valence-electron chi connectivity index (χ3n) is 7.09. The maximum atomic E-state index is 13.8. The Kier molecular flexibility index (Phi) is 10.5. The lowest BCUT2D eigenvalue weighted by Gasteiger charge is -2.25. The number of imidazole rings is 1. The van der Waals surface area contributed by atoms with E-state index in [0.717, 1.165) is 10.9 Å². The molecule has 0 aliphatic heterocycles. The predicted molar refractivity (Wildman–Crippen MR) is 161 cm³/mol. The van der Waals surface area contributed by atoms with Crippen LogP contribution in [0.2, 0.25) is 0 Å². The number of para-hydroxylation sites is 1. The number of aromatic nitrogens is 3. The van der Waals surface area contributed by atoms with Crippen LogP contribution in [0.25, 0.3) is 10.9 Å². The monoisotopic (exact) mass is 618 g/mol. The number of aromatic amines is 2. The second-order valence-electron chi connectivity index (χ2n) is 10.5. The number of aliphatic carboxylic acids is 1. The average molecular weight is 619 g/mol. The summed E-state index contributed by atoms with van der Waals surface area (Å²) in [4.78, 5) is 73.4. The average Bonchev–Trinajstić information content (AvgIpc) is 3.66. The fraction of sp³-hybridized carbons (Fsp3) is 0.267. The molecule has 4 atom stereocenters. The van der Waals surface area contributed by atoms with Crippen LogP contribution in [0.4, 0.5) is 0 Å². The first-order valence-electron chi connectivity index (χ1n) is 14.0. The molecule has 0 bridgehead atoms. The van der Waals surface area contributed by atoms with Crippen molar-refractivity contribution in [2.75, 3.05) is 0 Å². The lowest BCUT2D eigenvalue weighted by Crippen LogP contribution is -2.58. The molecule has 0 aliphatic rings. The number of nitrogens with two attached hydrogens (primary N) is 2. The SMILES string of the molecule is NC(=O)CC(N)C(=O)NC(Cc1c[nH]c2ccccc12)C(=O)NC(Cc1cnc[nH]1)C(=O)NC(Cc1ccc(O)cc1)C(=O)O. The molecule has 0 saturated heterocycles. The zero-order valence-corrected chi connectivity index (χ0v) is 24.0. The maximum Gasteiger partial charge on any atom is 0.326 e. The highest BCUT2D eigenvalue weighted by Crippen LogP contribution is 2.19. The number of primary amides is 1. The summed E-state index contributed by atoms with van der Waals surface area (Å²) in [6.07, 6.45) is 3.89. The number of carboxylic acid groups (broad SMARTS) is 1. The number of carboxylic acids is 1. The molecule has 0 saturated carbocycles. The van der Waals surface area contributed by atoms with Crippen LogP contribution in [0.3, 0.4) is 0 Å². The Morgan fingerprint density at radius 3 is 2.11 bits per heavy atom. The van der Waals surface area contributed by atoms with Crippen molar-refractivity contribution in [2.24, 2.45) is 11.5 Å². The first kappa shape index (κ1) is 32.2. The minimum Gasteiger partial charge on any atom is -0.508 e. The van der Waals surface area contributed by atoms with E-state index in [0.29, 0.717) is 16.8 Å². The Bertz CT molecular complexity index is 1650. The van der Waals surface area contributed by atoms with Gasteiger partial charge in [-0.05, 0) is 29.3 Å². The molecule has 4 amide bonds. The van der Waals surface area contributed by atoms with Crippen LogP contribution in [0.15, 0.2) is 67.3 Å². The molecule has 2 heterocycles. The van der Waals surface area contributed by atoms with Crippen molar-refractivity contribution in [3.63, 3.8) is 0 Å². The molecular formula is C30H34N8O7. The number of H-pyrrole nitrogens is 2. The highest BCUT2D eigenvalue weighted by Gasteiger charge is 2.31. The number of hydrogen-bond acceptors (Lipinski definition) is 8. The fourth-order valence-corrected chi connectivity index (χ4v) is 4.76. The van der Waals surface area contributed by atoms with E-state index in [4.69, 9.17) is 11.5 Å². The van der Waals surface area contributed by atoms with Gasteiger partial charge in [0.1, 0.15) is 23.9 Å². The zero-order valence-electron chi connectivity index (χ0n) is 24.0. The van der Waals surface area contributed by atoms with E-state index in [2.05, 4.69) is 30.9 Å². The van der Waals surface area contributed by atoms with Gasteiger partial charge in [-0.3, -0.25) is 19.2 Å². The molecule has 11 N–H and O–H groups in total. The molecule has 15 heteroatoms. The Hall–Kier alpha value is -5.70. The predicted octanol–water partition coefficient (Wildman–Crippen LogP) is -0.634. The van der Waals surface area contributed by atoms with Gasteiger partial charge in [-0.25, -0.2) is 9.78 Å². The van der Waals surface area contributed by atoms with E-state index >= 15 is 0 Å². The lowest BCUT2D eigenvalue weighted by atomic mass is 10.0. The molecule has 236 valence electrons. The molecule has 45 heavy (non-hydrogen) atoms. The summed E-state index contributed by atoms with van der Waals surface area (Å²) in [6, 6.07) is 7.97. The van der Waals surface area contributed by atoms with Crippen molar-refractivity contribution in [1.29, 1.82) is 0 Å². The van der Waals surface area contributed by atoms with Crippen molar-refractivity contribution in [3.05, 3.63) is 84.1 Å². The topological polar surface area (TPSA) is 258 Å². The number of carbonyl (C=O) groups is 5. The molecule has 0 aliphatic carbocycles. The Morgan fingerprint density at radius 1 is 0.822 bits per heavy atom. The maximum absolute atomic E-state index is 13.8. The van der Waals surface area contributed by atoms with Crippen LogP contribution >= 0.6 is 0 Å².